The van der Waals surface area contributed by atoms with Crippen molar-refractivity contribution >= 4 is 39.8 Å². The molecule has 3 heterocycles. The molecule has 3 aromatic rings. The lowest BCUT2D eigenvalue weighted by Gasteiger charge is -2.38. The summed E-state index contributed by atoms with van der Waals surface area (Å²) in [6, 6.07) is 12.8. The number of hydrogen-bond acceptors (Lipinski definition) is 7. The molecule has 0 atom stereocenters. The van der Waals surface area contributed by atoms with Crippen molar-refractivity contribution in [1.82, 2.24) is 19.8 Å². The predicted molar refractivity (Wildman–Crippen MR) is 160 cm³/mol. The van der Waals surface area contributed by atoms with Crippen LogP contribution in [0.2, 0.25) is 5.02 Å². The van der Waals surface area contributed by atoms with Gasteiger partial charge in [0.25, 0.3) is 0 Å². The molecule has 9 heteroatoms. The van der Waals surface area contributed by atoms with Crippen LogP contribution in [-0.2, 0) is 17.8 Å². The molecule has 8 nitrogen and oxygen atoms in total. The molecule has 0 N–H and O–H groups in total. The highest BCUT2D eigenvalue weighted by Gasteiger charge is 2.44. The second-order valence-corrected chi connectivity index (χ2v) is 12.0. The predicted octanol–water partition coefficient (Wildman–Crippen LogP) is 4.40. The summed E-state index contributed by atoms with van der Waals surface area (Å²) in [5.41, 5.74) is 3.48. The molecule has 2 fully saturated rings. The van der Waals surface area contributed by atoms with E-state index in [1.54, 1.807) is 0 Å². The number of nitrogens with zero attached hydrogens (tertiary/aromatic N) is 6. The first kappa shape index (κ1) is 26.8. The summed E-state index contributed by atoms with van der Waals surface area (Å²) in [5, 5.41) is 2.96. The van der Waals surface area contributed by atoms with E-state index in [-0.39, 0.29) is 11.3 Å². The van der Waals surface area contributed by atoms with Gasteiger partial charge in [0.05, 0.1) is 23.9 Å². The van der Waals surface area contributed by atoms with Gasteiger partial charge in [0, 0.05) is 61.3 Å². The molecule has 1 saturated carbocycles. The van der Waals surface area contributed by atoms with Crippen LogP contribution in [0.15, 0.2) is 49.1 Å². The van der Waals surface area contributed by atoms with Gasteiger partial charge in [-0.2, -0.15) is 9.97 Å². The molecule has 1 aromatic heterocycles. The number of anilines is 2. The maximum atomic E-state index is 12.2. The van der Waals surface area contributed by atoms with E-state index < -0.39 is 0 Å². The second kappa shape index (κ2) is 10.9. The van der Waals surface area contributed by atoms with Crippen molar-refractivity contribution in [3.8, 4) is 6.01 Å². The number of aromatic nitrogens is 2. The third-order valence-corrected chi connectivity index (χ3v) is 8.69. The van der Waals surface area contributed by atoms with E-state index in [9.17, 15) is 4.79 Å². The number of benzene rings is 2. The lowest BCUT2D eigenvalue weighted by Crippen LogP contribution is -2.49. The first-order valence-corrected chi connectivity index (χ1v) is 14.5. The van der Waals surface area contributed by atoms with Crippen molar-refractivity contribution in [2.45, 2.75) is 25.8 Å². The maximum absolute atomic E-state index is 12.2. The van der Waals surface area contributed by atoms with E-state index in [2.05, 4.69) is 59.6 Å². The minimum Gasteiger partial charge on any atom is -0.463 e. The number of rotatable bonds is 8. The van der Waals surface area contributed by atoms with E-state index in [0.717, 1.165) is 78.4 Å². The number of carbonyl (C=O) groups is 1. The summed E-state index contributed by atoms with van der Waals surface area (Å²) >= 11 is 6.69. The van der Waals surface area contributed by atoms with Crippen LogP contribution < -0.4 is 14.5 Å². The van der Waals surface area contributed by atoms with Crippen molar-refractivity contribution in [2.75, 3.05) is 69.8 Å². The Labute approximate surface area is 241 Å². The first-order chi connectivity index (χ1) is 19.4. The summed E-state index contributed by atoms with van der Waals surface area (Å²) in [5.74, 6) is 0.923. The van der Waals surface area contributed by atoms with E-state index >= 15 is 0 Å². The highest BCUT2D eigenvalue weighted by Crippen LogP contribution is 2.46. The molecule has 0 unspecified atom stereocenters. The van der Waals surface area contributed by atoms with E-state index in [1.807, 2.05) is 17.0 Å². The third-order valence-electron chi connectivity index (χ3n) is 8.38. The van der Waals surface area contributed by atoms with E-state index in [0.29, 0.717) is 32.3 Å². The number of piperazine rings is 1. The van der Waals surface area contributed by atoms with Crippen molar-refractivity contribution in [3.63, 3.8) is 0 Å². The zero-order valence-electron chi connectivity index (χ0n) is 23.4. The summed E-state index contributed by atoms with van der Waals surface area (Å²) in [6.07, 6.45) is 4.54. The average molecular weight is 561 g/mol. The van der Waals surface area contributed by atoms with Crippen molar-refractivity contribution in [2.24, 2.45) is 5.41 Å². The number of halogens is 1. The van der Waals surface area contributed by atoms with Gasteiger partial charge in [-0.1, -0.05) is 42.4 Å². The molecule has 0 spiro atoms. The Kier molecular flexibility index (Phi) is 7.31. The third kappa shape index (κ3) is 5.34. The van der Waals surface area contributed by atoms with Gasteiger partial charge in [-0.25, -0.2) is 0 Å². The average Bonchev–Trinajstić information content (AvgIpc) is 3.73. The molecular weight excluding hydrogens is 524 g/mol. The molecule has 3 aliphatic rings. The molecule has 210 valence electrons. The van der Waals surface area contributed by atoms with Crippen molar-refractivity contribution in [3.05, 3.63) is 65.3 Å². The Balaban J connectivity index is 1.31. The Bertz CT molecular complexity index is 1430. The van der Waals surface area contributed by atoms with Crippen LogP contribution in [0, 0.1) is 5.41 Å². The zero-order chi connectivity index (χ0) is 27.9. The number of carbonyl (C=O) groups excluding carboxylic acids is 1. The summed E-state index contributed by atoms with van der Waals surface area (Å²) in [7, 11) is 4.22. The fourth-order valence-electron chi connectivity index (χ4n) is 6.14. The van der Waals surface area contributed by atoms with Crippen molar-refractivity contribution in [1.29, 1.82) is 0 Å². The van der Waals surface area contributed by atoms with Gasteiger partial charge in [0.1, 0.15) is 5.82 Å². The molecule has 0 bridgehead atoms. The number of amides is 1. The molecule has 0 radical (unpaired) electrons. The largest absolute Gasteiger partial charge is 0.463 e. The Morgan fingerprint density at radius 2 is 1.82 bits per heavy atom. The topological polar surface area (TPSA) is 65.0 Å². The first-order valence-electron chi connectivity index (χ1n) is 14.1. The zero-order valence-corrected chi connectivity index (χ0v) is 24.2. The molecule has 2 aliphatic heterocycles. The normalized spacial score (nSPS) is 18.1. The van der Waals surface area contributed by atoms with Crippen LogP contribution in [0.1, 0.15) is 24.1 Å². The van der Waals surface area contributed by atoms with Gasteiger partial charge >= 0.3 is 6.01 Å². The van der Waals surface area contributed by atoms with Gasteiger partial charge in [0.2, 0.25) is 5.91 Å². The Morgan fingerprint density at radius 3 is 2.52 bits per heavy atom. The van der Waals surface area contributed by atoms with Crippen LogP contribution in [-0.4, -0.2) is 85.6 Å². The molecule has 6 rings (SSSR count). The lowest BCUT2D eigenvalue weighted by molar-refractivity contribution is -0.126. The van der Waals surface area contributed by atoms with Gasteiger partial charge in [-0.3, -0.25) is 4.79 Å². The number of fused-ring (bicyclic) bond motifs is 2. The van der Waals surface area contributed by atoms with Gasteiger partial charge in [0.15, 0.2) is 0 Å². The van der Waals surface area contributed by atoms with Crippen LogP contribution >= 0.6 is 11.6 Å². The summed E-state index contributed by atoms with van der Waals surface area (Å²) < 4.78 is 6.35. The van der Waals surface area contributed by atoms with Crippen LogP contribution in [0.5, 0.6) is 6.01 Å². The smallest absolute Gasteiger partial charge is 0.318 e. The molecule has 40 heavy (non-hydrogen) atoms. The van der Waals surface area contributed by atoms with Gasteiger partial charge in [-0.05, 0) is 57.0 Å². The molecule has 2 aromatic carbocycles. The Hall–Kier alpha value is -3.36. The highest BCUT2D eigenvalue weighted by molar-refractivity contribution is 6.36. The lowest BCUT2D eigenvalue weighted by atomic mass is 10.0. The minimum absolute atomic E-state index is 0.0200. The standard InChI is InChI=1S/C31H37ClN6O2/c1-4-27(39)36-15-17-37(18-16-36)29-23-11-14-38(26-10-6-8-22-7-5-9-24(32)28(22)26)19-25(23)33-30(34-29)40-21-31(12-13-31)20-35(2)3/h4-10H,1,11-21H2,2-3H3. The monoisotopic (exact) mass is 560 g/mol. The second-order valence-electron chi connectivity index (χ2n) is 11.6. The fourth-order valence-corrected chi connectivity index (χ4v) is 6.42. The van der Waals surface area contributed by atoms with Crippen LogP contribution in [0.4, 0.5) is 11.5 Å². The highest BCUT2D eigenvalue weighted by atomic mass is 35.5. The quantitative estimate of drug-likeness (QED) is 0.378. The number of ether oxygens (including phenoxy) is 1. The molecule has 1 saturated heterocycles. The van der Waals surface area contributed by atoms with E-state index in [1.165, 1.54) is 11.6 Å². The molecular formula is C31H37ClN6O2. The van der Waals surface area contributed by atoms with Crippen LogP contribution in [0.3, 0.4) is 0 Å². The fraction of sp³-hybridized carbons (Fsp3) is 0.452. The SMILES string of the molecule is C=CC(=O)N1CCN(c2nc(OCC3(CN(C)C)CC3)nc3c2CCN(c2cccc4cccc(Cl)c24)C3)CC1. The number of hydrogen-bond donors (Lipinski definition) is 0. The minimum atomic E-state index is -0.0200. The summed E-state index contributed by atoms with van der Waals surface area (Å²) in [6.45, 7) is 9.49. The van der Waals surface area contributed by atoms with Crippen LogP contribution in [0.25, 0.3) is 10.8 Å². The molecule has 1 aliphatic carbocycles. The summed E-state index contributed by atoms with van der Waals surface area (Å²) in [4.78, 5) is 30.9. The molecule has 1 amide bonds. The maximum Gasteiger partial charge on any atom is 0.318 e. The van der Waals surface area contributed by atoms with Crippen molar-refractivity contribution < 1.29 is 9.53 Å². The van der Waals surface area contributed by atoms with E-state index in [4.69, 9.17) is 26.3 Å². The van der Waals surface area contributed by atoms with Gasteiger partial charge < -0.3 is 24.3 Å². The Morgan fingerprint density at radius 1 is 1.07 bits per heavy atom. The van der Waals surface area contributed by atoms with Gasteiger partial charge in [-0.15, -0.1) is 0 Å².